The van der Waals surface area contributed by atoms with Gasteiger partial charge in [-0.3, -0.25) is 9.69 Å². The number of carbonyl (C=O) groups excluding carboxylic acids is 1. The van der Waals surface area contributed by atoms with Crippen LogP contribution in [-0.4, -0.2) is 49.3 Å². The maximum absolute atomic E-state index is 11.9. The molecule has 0 aromatic carbocycles. The molecule has 0 N–H and O–H groups in total. The van der Waals surface area contributed by atoms with Gasteiger partial charge in [-0.05, 0) is 33.1 Å². The van der Waals surface area contributed by atoms with E-state index in [0.29, 0.717) is 12.7 Å². The van der Waals surface area contributed by atoms with Crippen molar-refractivity contribution in [3.8, 4) is 0 Å². The fraction of sp³-hybridized carbons (Fsp3) is 0.929. The first-order chi connectivity index (χ1) is 8.72. The molecule has 0 aromatic heterocycles. The average Bonchev–Trinajstić information content (AvgIpc) is 2.38. The smallest absolute Gasteiger partial charge is 0.323 e. The first kappa shape index (κ1) is 15.4. The number of nitrogens with zero attached hydrogens (tertiary/aromatic N) is 1. The number of piperidine rings is 1. The fourth-order valence-electron chi connectivity index (χ4n) is 2.55. The van der Waals surface area contributed by atoms with Crippen LogP contribution in [0.3, 0.4) is 0 Å². The Hall–Kier alpha value is -0.610. The Bertz CT molecular complexity index is 237. The van der Waals surface area contributed by atoms with Crippen LogP contribution in [0.2, 0.25) is 0 Å². The van der Waals surface area contributed by atoms with Crippen molar-refractivity contribution < 1.29 is 14.3 Å². The highest BCUT2D eigenvalue weighted by Crippen LogP contribution is 2.19. The predicted molar refractivity (Wildman–Crippen MR) is 71.6 cm³/mol. The van der Waals surface area contributed by atoms with Gasteiger partial charge in [0.2, 0.25) is 0 Å². The van der Waals surface area contributed by atoms with Gasteiger partial charge in [-0.15, -0.1) is 0 Å². The molecule has 4 nitrogen and oxygen atoms in total. The van der Waals surface area contributed by atoms with Gasteiger partial charge in [0.05, 0.1) is 12.7 Å². The minimum atomic E-state index is -0.0609. The first-order valence-electron chi connectivity index (χ1n) is 7.25. The molecule has 0 spiro atoms. The first-order valence-corrected chi connectivity index (χ1v) is 7.25. The van der Waals surface area contributed by atoms with Crippen LogP contribution in [0.1, 0.15) is 46.5 Å². The fourth-order valence-corrected chi connectivity index (χ4v) is 2.55. The summed E-state index contributed by atoms with van der Waals surface area (Å²) >= 11 is 0. The number of carbonyl (C=O) groups is 1. The normalized spacial score (nSPS) is 19.7. The van der Waals surface area contributed by atoms with Crippen LogP contribution in [-0.2, 0) is 14.3 Å². The van der Waals surface area contributed by atoms with Crippen LogP contribution in [0, 0.1) is 0 Å². The largest absolute Gasteiger partial charge is 0.465 e. The highest BCUT2D eigenvalue weighted by Gasteiger charge is 2.30. The lowest BCUT2D eigenvalue weighted by atomic mass is 10.0. The van der Waals surface area contributed by atoms with Crippen LogP contribution >= 0.6 is 0 Å². The number of ether oxygens (including phenoxy) is 2. The molecule has 0 aliphatic carbocycles. The molecule has 1 unspecified atom stereocenters. The van der Waals surface area contributed by atoms with E-state index < -0.39 is 0 Å². The van der Waals surface area contributed by atoms with Gasteiger partial charge in [-0.25, -0.2) is 0 Å². The van der Waals surface area contributed by atoms with E-state index in [1.807, 2.05) is 13.8 Å². The molecule has 1 aliphatic heterocycles. The lowest BCUT2D eigenvalue weighted by Gasteiger charge is -2.36. The third kappa shape index (κ3) is 4.58. The van der Waals surface area contributed by atoms with Gasteiger partial charge < -0.3 is 9.47 Å². The molecular formula is C14H27NO3. The number of likely N-dealkylation sites (tertiary alicyclic amines) is 1. The zero-order valence-corrected chi connectivity index (χ0v) is 12.0. The summed E-state index contributed by atoms with van der Waals surface area (Å²) in [5, 5.41) is 0. The standard InChI is InChI=1S/C14H27NO3/c1-4-7-13(14(16)18-6-3)15-10-8-12(9-11-15)17-5-2/h12-13H,4-11H2,1-3H3. The van der Waals surface area contributed by atoms with Gasteiger partial charge in [-0.2, -0.15) is 0 Å². The lowest BCUT2D eigenvalue weighted by molar-refractivity contribution is -0.151. The maximum Gasteiger partial charge on any atom is 0.323 e. The Morgan fingerprint density at radius 1 is 1.22 bits per heavy atom. The second kappa shape index (κ2) is 8.48. The molecule has 4 heteroatoms. The molecule has 0 aromatic rings. The van der Waals surface area contributed by atoms with Crippen molar-refractivity contribution in [2.45, 2.75) is 58.6 Å². The minimum Gasteiger partial charge on any atom is -0.465 e. The zero-order chi connectivity index (χ0) is 13.4. The highest BCUT2D eigenvalue weighted by molar-refractivity contribution is 5.75. The molecule has 1 atom stereocenters. The monoisotopic (exact) mass is 257 g/mol. The van der Waals surface area contributed by atoms with E-state index in [0.717, 1.165) is 45.4 Å². The average molecular weight is 257 g/mol. The van der Waals surface area contributed by atoms with Crippen molar-refractivity contribution in [2.75, 3.05) is 26.3 Å². The van der Waals surface area contributed by atoms with Gasteiger partial charge in [0.15, 0.2) is 0 Å². The number of rotatable bonds is 7. The SMILES string of the molecule is CCCC(C(=O)OCC)N1CCC(OCC)CC1. The Balaban J connectivity index is 2.47. The second-order valence-corrected chi connectivity index (χ2v) is 4.75. The quantitative estimate of drug-likeness (QED) is 0.656. The number of hydrogen-bond acceptors (Lipinski definition) is 4. The van der Waals surface area contributed by atoms with Crippen LogP contribution in [0.15, 0.2) is 0 Å². The van der Waals surface area contributed by atoms with Crippen LogP contribution < -0.4 is 0 Å². The summed E-state index contributed by atoms with van der Waals surface area (Å²) in [7, 11) is 0. The van der Waals surface area contributed by atoms with Crippen molar-refractivity contribution in [3.63, 3.8) is 0 Å². The molecule has 0 radical (unpaired) electrons. The molecule has 1 heterocycles. The van der Waals surface area contributed by atoms with Crippen molar-refractivity contribution in [1.29, 1.82) is 0 Å². The summed E-state index contributed by atoms with van der Waals surface area (Å²) in [6, 6.07) is -0.0578. The molecule has 0 amide bonds. The van der Waals surface area contributed by atoms with Gasteiger partial charge >= 0.3 is 5.97 Å². The Morgan fingerprint density at radius 2 is 1.89 bits per heavy atom. The van der Waals surface area contributed by atoms with Crippen LogP contribution in [0.4, 0.5) is 0 Å². The third-order valence-electron chi connectivity index (χ3n) is 3.44. The molecular weight excluding hydrogens is 230 g/mol. The molecule has 18 heavy (non-hydrogen) atoms. The molecule has 0 bridgehead atoms. The second-order valence-electron chi connectivity index (χ2n) is 4.75. The molecule has 1 aliphatic rings. The molecule has 0 saturated carbocycles. The molecule has 1 saturated heterocycles. The lowest BCUT2D eigenvalue weighted by Crippen LogP contribution is -2.47. The summed E-state index contributed by atoms with van der Waals surface area (Å²) in [5.74, 6) is -0.0609. The van der Waals surface area contributed by atoms with Gasteiger partial charge in [0, 0.05) is 19.7 Å². The number of esters is 1. The van der Waals surface area contributed by atoms with Crippen LogP contribution in [0.5, 0.6) is 0 Å². The van der Waals surface area contributed by atoms with Crippen molar-refractivity contribution in [3.05, 3.63) is 0 Å². The van der Waals surface area contributed by atoms with Crippen molar-refractivity contribution in [1.82, 2.24) is 4.90 Å². The topological polar surface area (TPSA) is 38.8 Å². The number of hydrogen-bond donors (Lipinski definition) is 0. The predicted octanol–water partition coefficient (Wildman–Crippen LogP) is 2.22. The van der Waals surface area contributed by atoms with E-state index in [4.69, 9.17) is 9.47 Å². The van der Waals surface area contributed by atoms with E-state index in [9.17, 15) is 4.79 Å². The Labute approximate surface area is 111 Å². The van der Waals surface area contributed by atoms with E-state index in [2.05, 4.69) is 11.8 Å². The summed E-state index contributed by atoms with van der Waals surface area (Å²) in [6.07, 6.45) is 4.31. The minimum absolute atomic E-state index is 0.0578. The zero-order valence-electron chi connectivity index (χ0n) is 12.0. The van der Waals surface area contributed by atoms with E-state index >= 15 is 0 Å². The van der Waals surface area contributed by atoms with Gasteiger partial charge in [-0.1, -0.05) is 13.3 Å². The van der Waals surface area contributed by atoms with Crippen molar-refractivity contribution in [2.24, 2.45) is 0 Å². The summed E-state index contributed by atoms with van der Waals surface area (Å²) in [5.41, 5.74) is 0. The van der Waals surface area contributed by atoms with E-state index in [1.54, 1.807) is 0 Å². The highest BCUT2D eigenvalue weighted by atomic mass is 16.5. The Morgan fingerprint density at radius 3 is 2.39 bits per heavy atom. The summed E-state index contributed by atoms with van der Waals surface area (Å²) in [4.78, 5) is 14.2. The van der Waals surface area contributed by atoms with Crippen LogP contribution in [0.25, 0.3) is 0 Å². The van der Waals surface area contributed by atoms with E-state index in [1.165, 1.54) is 0 Å². The summed E-state index contributed by atoms with van der Waals surface area (Å²) < 4.78 is 10.8. The molecule has 1 fully saturated rings. The van der Waals surface area contributed by atoms with Gasteiger partial charge in [0.25, 0.3) is 0 Å². The Kier molecular flexibility index (Phi) is 7.28. The van der Waals surface area contributed by atoms with Crippen molar-refractivity contribution >= 4 is 5.97 Å². The maximum atomic E-state index is 11.9. The molecule has 1 rings (SSSR count). The van der Waals surface area contributed by atoms with Gasteiger partial charge in [0.1, 0.15) is 6.04 Å². The molecule has 106 valence electrons. The summed E-state index contributed by atoms with van der Waals surface area (Å²) in [6.45, 7) is 9.13. The third-order valence-corrected chi connectivity index (χ3v) is 3.44. The van der Waals surface area contributed by atoms with E-state index in [-0.39, 0.29) is 12.0 Å².